The number of amides is 1. The van der Waals surface area contributed by atoms with Crippen molar-refractivity contribution in [3.05, 3.63) is 103 Å². The smallest absolute Gasteiger partial charge is 0.255 e. The van der Waals surface area contributed by atoms with Gasteiger partial charge in [0.1, 0.15) is 18.1 Å². The van der Waals surface area contributed by atoms with Crippen molar-refractivity contribution in [3.63, 3.8) is 0 Å². The van der Waals surface area contributed by atoms with E-state index in [-0.39, 0.29) is 5.91 Å². The molecule has 0 aromatic heterocycles. The number of anilines is 1. The van der Waals surface area contributed by atoms with Crippen molar-refractivity contribution in [2.75, 3.05) is 18.5 Å². The van der Waals surface area contributed by atoms with Gasteiger partial charge >= 0.3 is 0 Å². The van der Waals surface area contributed by atoms with Crippen molar-refractivity contribution in [1.82, 2.24) is 0 Å². The Labute approximate surface area is 165 Å². The molecule has 28 heavy (non-hydrogen) atoms. The maximum atomic E-state index is 12.4. The maximum absolute atomic E-state index is 12.4. The van der Waals surface area contributed by atoms with Gasteiger partial charge in [0.15, 0.2) is 0 Å². The molecular weight excluding hydrogens is 350 g/mol. The average Bonchev–Trinajstić information content (AvgIpc) is 2.74. The minimum atomic E-state index is -0.184. The Morgan fingerprint density at radius 3 is 2.43 bits per heavy atom. The third-order valence-electron chi connectivity index (χ3n) is 4.08. The second-order valence-corrected chi connectivity index (χ2v) is 6.19. The van der Waals surface area contributed by atoms with Gasteiger partial charge in [0.2, 0.25) is 0 Å². The molecule has 1 amide bonds. The Morgan fingerprint density at radius 1 is 0.893 bits per heavy atom. The summed E-state index contributed by atoms with van der Waals surface area (Å²) in [6.45, 7) is 4.63. The van der Waals surface area contributed by atoms with Gasteiger partial charge < -0.3 is 14.8 Å². The third kappa shape index (κ3) is 5.74. The van der Waals surface area contributed by atoms with E-state index in [0.717, 1.165) is 12.2 Å². The van der Waals surface area contributed by atoms with Gasteiger partial charge in [-0.2, -0.15) is 0 Å². The van der Waals surface area contributed by atoms with Crippen molar-refractivity contribution >= 4 is 11.6 Å². The summed E-state index contributed by atoms with van der Waals surface area (Å²) >= 11 is 0. The van der Waals surface area contributed by atoms with Crippen LogP contribution in [-0.2, 0) is 6.42 Å². The van der Waals surface area contributed by atoms with Crippen LogP contribution in [0.2, 0.25) is 0 Å². The summed E-state index contributed by atoms with van der Waals surface area (Å²) in [5.74, 6) is 1.24. The Hall–Kier alpha value is -3.53. The van der Waals surface area contributed by atoms with Crippen molar-refractivity contribution in [1.29, 1.82) is 0 Å². The minimum absolute atomic E-state index is 0.184. The largest absolute Gasteiger partial charge is 0.493 e. The van der Waals surface area contributed by atoms with Crippen LogP contribution in [0.4, 0.5) is 5.69 Å². The first-order valence-corrected chi connectivity index (χ1v) is 9.16. The molecule has 0 aliphatic heterocycles. The van der Waals surface area contributed by atoms with E-state index in [9.17, 15) is 4.79 Å². The number of hydrogen-bond acceptors (Lipinski definition) is 3. The fourth-order valence-corrected chi connectivity index (χ4v) is 2.66. The van der Waals surface area contributed by atoms with E-state index in [0.29, 0.717) is 30.2 Å². The van der Waals surface area contributed by atoms with Crippen molar-refractivity contribution in [2.45, 2.75) is 6.42 Å². The maximum Gasteiger partial charge on any atom is 0.255 e. The van der Waals surface area contributed by atoms with E-state index in [4.69, 9.17) is 9.47 Å². The van der Waals surface area contributed by atoms with Crippen molar-refractivity contribution < 1.29 is 14.3 Å². The molecule has 4 nitrogen and oxygen atoms in total. The van der Waals surface area contributed by atoms with Gasteiger partial charge in [0.05, 0.1) is 6.61 Å². The zero-order chi connectivity index (χ0) is 19.6. The molecule has 0 bridgehead atoms. The fourth-order valence-electron chi connectivity index (χ4n) is 2.66. The first-order chi connectivity index (χ1) is 13.7. The van der Waals surface area contributed by atoms with Gasteiger partial charge in [-0.15, -0.1) is 0 Å². The lowest BCUT2D eigenvalue weighted by atomic mass is 10.1. The van der Waals surface area contributed by atoms with Gasteiger partial charge in [-0.1, -0.05) is 49.1 Å². The van der Waals surface area contributed by atoms with Crippen LogP contribution in [0.3, 0.4) is 0 Å². The first kappa shape index (κ1) is 19.2. The van der Waals surface area contributed by atoms with Crippen LogP contribution >= 0.6 is 0 Å². The van der Waals surface area contributed by atoms with Crippen LogP contribution in [0.15, 0.2) is 91.5 Å². The van der Waals surface area contributed by atoms with Gasteiger partial charge in [-0.05, 0) is 42.0 Å². The standard InChI is InChI=1S/C24H23NO3/c1-2-16-27-23-10-6-9-21(18-23)25-24(26)20-11-13-22(14-12-20)28-17-15-19-7-4-3-5-8-19/h2-14,18H,1,15-17H2,(H,25,26). The molecule has 0 heterocycles. The fraction of sp³-hybridized carbons (Fsp3) is 0.125. The molecule has 3 aromatic carbocycles. The molecule has 0 saturated carbocycles. The summed E-state index contributed by atoms with van der Waals surface area (Å²) < 4.78 is 11.2. The van der Waals surface area contributed by atoms with Crippen LogP contribution in [0.5, 0.6) is 11.5 Å². The number of hydrogen-bond donors (Lipinski definition) is 1. The van der Waals surface area contributed by atoms with Crippen LogP contribution < -0.4 is 14.8 Å². The van der Waals surface area contributed by atoms with Gasteiger partial charge in [-0.25, -0.2) is 0 Å². The Bertz CT molecular complexity index is 905. The molecule has 0 saturated heterocycles. The van der Waals surface area contributed by atoms with Crippen LogP contribution in [0.25, 0.3) is 0 Å². The number of carbonyl (C=O) groups excluding carboxylic acids is 1. The van der Waals surface area contributed by atoms with Gasteiger partial charge in [0.25, 0.3) is 5.91 Å². The molecule has 0 aliphatic rings. The number of rotatable bonds is 9. The summed E-state index contributed by atoms with van der Waals surface area (Å²) in [5.41, 5.74) is 2.47. The highest BCUT2D eigenvalue weighted by Gasteiger charge is 2.07. The lowest BCUT2D eigenvalue weighted by Crippen LogP contribution is -2.12. The van der Waals surface area contributed by atoms with E-state index in [1.807, 2.05) is 48.5 Å². The molecule has 1 N–H and O–H groups in total. The quantitative estimate of drug-likeness (QED) is 0.529. The van der Waals surface area contributed by atoms with Gasteiger partial charge in [-0.3, -0.25) is 4.79 Å². The van der Waals surface area contributed by atoms with Crippen LogP contribution in [0.1, 0.15) is 15.9 Å². The summed E-state index contributed by atoms with van der Waals surface area (Å²) in [6.07, 6.45) is 2.52. The highest BCUT2D eigenvalue weighted by Crippen LogP contribution is 2.19. The van der Waals surface area contributed by atoms with Crippen LogP contribution in [0, 0.1) is 0 Å². The molecule has 0 radical (unpaired) electrons. The molecule has 0 spiro atoms. The zero-order valence-electron chi connectivity index (χ0n) is 15.6. The van der Waals surface area contributed by atoms with E-state index < -0.39 is 0 Å². The van der Waals surface area contributed by atoms with Crippen molar-refractivity contribution in [3.8, 4) is 11.5 Å². The summed E-state index contributed by atoms with van der Waals surface area (Å²) in [5, 5.41) is 2.87. The lowest BCUT2D eigenvalue weighted by Gasteiger charge is -2.09. The molecule has 0 aliphatic carbocycles. The van der Waals surface area contributed by atoms with E-state index in [1.54, 1.807) is 24.3 Å². The first-order valence-electron chi connectivity index (χ1n) is 9.16. The number of benzene rings is 3. The average molecular weight is 373 g/mol. The van der Waals surface area contributed by atoms with Crippen molar-refractivity contribution in [2.24, 2.45) is 0 Å². The van der Waals surface area contributed by atoms with Gasteiger partial charge in [0, 0.05) is 23.7 Å². The minimum Gasteiger partial charge on any atom is -0.493 e. The Balaban J connectivity index is 1.52. The number of ether oxygens (including phenoxy) is 2. The molecular formula is C24H23NO3. The molecule has 0 unspecified atom stereocenters. The lowest BCUT2D eigenvalue weighted by molar-refractivity contribution is 0.102. The van der Waals surface area contributed by atoms with E-state index >= 15 is 0 Å². The molecule has 3 rings (SSSR count). The highest BCUT2D eigenvalue weighted by atomic mass is 16.5. The van der Waals surface area contributed by atoms with E-state index in [2.05, 4.69) is 24.0 Å². The summed E-state index contributed by atoms with van der Waals surface area (Å²) in [4.78, 5) is 12.4. The zero-order valence-corrected chi connectivity index (χ0v) is 15.6. The second-order valence-electron chi connectivity index (χ2n) is 6.19. The van der Waals surface area contributed by atoms with E-state index in [1.165, 1.54) is 5.56 Å². The predicted molar refractivity (Wildman–Crippen MR) is 112 cm³/mol. The SMILES string of the molecule is C=CCOc1cccc(NC(=O)c2ccc(OCCc3ccccc3)cc2)c1. The molecule has 0 atom stereocenters. The number of nitrogens with one attached hydrogen (secondary N) is 1. The molecule has 142 valence electrons. The monoisotopic (exact) mass is 373 g/mol. The Morgan fingerprint density at radius 2 is 1.68 bits per heavy atom. The number of carbonyl (C=O) groups is 1. The molecule has 0 fully saturated rings. The second kappa shape index (κ2) is 9.97. The third-order valence-corrected chi connectivity index (χ3v) is 4.08. The predicted octanol–water partition coefficient (Wildman–Crippen LogP) is 5.13. The summed E-state index contributed by atoms with van der Waals surface area (Å²) in [7, 11) is 0. The Kier molecular flexibility index (Phi) is 6.85. The highest BCUT2D eigenvalue weighted by molar-refractivity contribution is 6.04. The topological polar surface area (TPSA) is 47.6 Å². The molecule has 3 aromatic rings. The molecule has 4 heteroatoms. The van der Waals surface area contributed by atoms with Crippen LogP contribution in [-0.4, -0.2) is 19.1 Å². The normalized spacial score (nSPS) is 10.1. The summed E-state index contributed by atoms with van der Waals surface area (Å²) in [6, 6.07) is 24.6.